The average Bonchev–Trinajstić information content (AvgIpc) is 2.59. The van der Waals surface area contributed by atoms with Gasteiger partial charge in [0, 0.05) is 25.2 Å². The predicted octanol–water partition coefficient (Wildman–Crippen LogP) is 2.62. The number of hydrogen-bond donors (Lipinski definition) is 3. The lowest BCUT2D eigenvalue weighted by Gasteiger charge is -2.21. The Morgan fingerprint density at radius 3 is 2.64 bits per heavy atom. The van der Waals surface area contributed by atoms with Crippen LogP contribution >= 0.6 is 0 Å². The number of nitrogens with two attached hydrogens (primary N) is 1. The molecule has 0 unspecified atom stereocenters. The van der Waals surface area contributed by atoms with Gasteiger partial charge in [0.2, 0.25) is 5.91 Å². The lowest BCUT2D eigenvalue weighted by Crippen LogP contribution is -2.28. The number of amides is 1. The number of nitrogen functional groups attached to an aromatic ring is 1. The Balaban J connectivity index is 1.80. The molecule has 0 fully saturated rings. The molecule has 0 radical (unpaired) electrons. The third kappa shape index (κ3) is 6.52. The molecule has 0 spiro atoms. The van der Waals surface area contributed by atoms with Gasteiger partial charge in [-0.15, -0.1) is 0 Å². The van der Waals surface area contributed by atoms with E-state index in [1.54, 1.807) is 0 Å². The van der Waals surface area contributed by atoms with Crippen LogP contribution in [0.4, 0.5) is 15.8 Å². The second-order valence-corrected chi connectivity index (χ2v) is 5.88. The van der Waals surface area contributed by atoms with Crippen LogP contribution in [-0.2, 0) is 11.3 Å². The number of carbonyl (C=O) groups excluding carboxylic acids is 1. The van der Waals surface area contributed by atoms with Gasteiger partial charge >= 0.3 is 0 Å². The summed E-state index contributed by atoms with van der Waals surface area (Å²) in [5, 5.41) is 11.7. The zero-order valence-electron chi connectivity index (χ0n) is 14.1. The van der Waals surface area contributed by atoms with Crippen molar-refractivity contribution in [3.8, 4) is 0 Å². The van der Waals surface area contributed by atoms with Crippen molar-refractivity contribution in [2.45, 2.75) is 19.4 Å². The van der Waals surface area contributed by atoms with Crippen LogP contribution in [0.15, 0.2) is 48.5 Å². The summed E-state index contributed by atoms with van der Waals surface area (Å²) < 4.78 is 13.6. The van der Waals surface area contributed by atoms with E-state index in [1.165, 1.54) is 18.2 Å². The van der Waals surface area contributed by atoms with E-state index < -0.39 is 5.82 Å². The predicted molar refractivity (Wildman–Crippen MR) is 97.5 cm³/mol. The van der Waals surface area contributed by atoms with Crippen LogP contribution in [0.3, 0.4) is 0 Å². The van der Waals surface area contributed by atoms with Gasteiger partial charge in [0.1, 0.15) is 5.82 Å². The summed E-state index contributed by atoms with van der Waals surface area (Å²) in [6.45, 7) is 1.99. The largest absolute Gasteiger partial charge is 0.399 e. The smallest absolute Gasteiger partial charge is 0.224 e. The van der Waals surface area contributed by atoms with Gasteiger partial charge in [0.25, 0.3) is 0 Å². The molecule has 6 heteroatoms. The molecule has 0 aliphatic rings. The molecule has 0 aromatic heterocycles. The van der Waals surface area contributed by atoms with Crippen LogP contribution in [0, 0.1) is 5.82 Å². The second kappa shape index (κ2) is 9.76. The molecule has 0 atom stereocenters. The van der Waals surface area contributed by atoms with Crippen molar-refractivity contribution in [2.75, 3.05) is 30.7 Å². The monoisotopic (exact) mass is 345 g/mol. The van der Waals surface area contributed by atoms with E-state index in [0.29, 0.717) is 31.7 Å². The summed E-state index contributed by atoms with van der Waals surface area (Å²) >= 11 is 0. The number of rotatable bonds is 9. The quantitative estimate of drug-likeness (QED) is 0.611. The Morgan fingerprint density at radius 1 is 1.16 bits per heavy atom. The average molecular weight is 345 g/mol. The molecule has 2 aromatic carbocycles. The number of aliphatic hydroxyl groups excluding tert-OH is 1. The van der Waals surface area contributed by atoms with Crippen LogP contribution in [-0.4, -0.2) is 35.6 Å². The topological polar surface area (TPSA) is 78.6 Å². The fraction of sp³-hybridized carbons (Fsp3) is 0.316. The summed E-state index contributed by atoms with van der Waals surface area (Å²) in [6.07, 6.45) is 0.882. The van der Waals surface area contributed by atoms with Crippen LogP contribution in [0.25, 0.3) is 0 Å². The van der Waals surface area contributed by atoms with Crippen molar-refractivity contribution in [2.24, 2.45) is 0 Å². The van der Waals surface area contributed by atoms with Crippen molar-refractivity contribution in [3.05, 3.63) is 59.9 Å². The van der Waals surface area contributed by atoms with Gasteiger partial charge in [-0.25, -0.2) is 4.39 Å². The standard InChI is InChI=1S/C19H24FN3O2/c20-17-9-8-16(21)13-18(17)22-19(25)7-4-10-23(11-12-24)14-15-5-2-1-3-6-15/h1-3,5-6,8-9,13,24H,4,7,10-12,14,21H2,(H,22,25). The maximum atomic E-state index is 13.6. The van der Waals surface area contributed by atoms with Crippen molar-refractivity contribution in [1.29, 1.82) is 0 Å². The normalized spacial score (nSPS) is 10.8. The molecule has 25 heavy (non-hydrogen) atoms. The molecule has 0 heterocycles. The lowest BCUT2D eigenvalue weighted by molar-refractivity contribution is -0.116. The van der Waals surface area contributed by atoms with Gasteiger partial charge in [-0.3, -0.25) is 9.69 Å². The third-order valence-corrected chi connectivity index (χ3v) is 3.81. The van der Waals surface area contributed by atoms with Crippen molar-refractivity contribution < 1.29 is 14.3 Å². The van der Waals surface area contributed by atoms with Crippen molar-refractivity contribution in [1.82, 2.24) is 4.90 Å². The van der Waals surface area contributed by atoms with Crippen LogP contribution in [0.2, 0.25) is 0 Å². The minimum atomic E-state index is -0.506. The highest BCUT2D eigenvalue weighted by Crippen LogP contribution is 2.17. The number of carbonyl (C=O) groups is 1. The van der Waals surface area contributed by atoms with Crippen molar-refractivity contribution in [3.63, 3.8) is 0 Å². The molecular formula is C19H24FN3O2. The molecule has 0 aliphatic heterocycles. The highest BCUT2D eigenvalue weighted by Gasteiger charge is 2.10. The van der Waals surface area contributed by atoms with E-state index in [9.17, 15) is 14.3 Å². The van der Waals surface area contributed by atoms with Gasteiger partial charge in [-0.2, -0.15) is 0 Å². The SMILES string of the molecule is Nc1ccc(F)c(NC(=O)CCCN(CCO)Cc2ccccc2)c1. The highest BCUT2D eigenvalue weighted by atomic mass is 19.1. The van der Waals surface area contributed by atoms with Crippen molar-refractivity contribution >= 4 is 17.3 Å². The third-order valence-electron chi connectivity index (χ3n) is 3.81. The first-order valence-corrected chi connectivity index (χ1v) is 8.30. The molecule has 0 aliphatic carbocycles. The minimum absolute atomic E-state index is 0.0630. The Labute approximate surface area is 147 Å². The van der Waals surface area contributed by atoms with E-state index in [-0.39, 0.29) is 24.6 Å². The maximum Gasteiger partial charge on any atom is 0.224 e. The fourth-order valence-corrected chi connectivity index (χ4v) is 2.57. The molecular weight excluding hydrogens is 321 g/mol. The summed E-state index contributed by atoms with van der Waals surface area (Å²) in [6, 6.07) is 14.0. The van der Waals surface area contributed by atoms with E-state index in [1.807, 2.05) is 30.3 Å². The zero-order valence-corrected chi connectivity index (χ0v) is 14.1. The Hall–Kier alpha value is -2.44. The van der Waals surface area contributed by atoms with Gasteiger partial charge in [-0.05, 0) is 36.7 Å². The van der Waals surface area contributed by atoms with Gasteiger partial charge in [0.05, 0.1) is 12.3 Å². The molecule has 0 bridgehead atoms. The second-order valence-electron chi connectivity index (χ2n) is 5.88. The number of nitrogens with one attached hydrogen (secondary N) is 1. The summed E-state index contributed by atoms with van der Waals surface area (Å²) in [5.41, 5.74) is 7.25. The Kier molecular flexibility index (Phi) is 7.37. The number of anilines is 2. The van der Waals surface area contributed by atoms with E-state index in [0.717, 1.165) is 5.56 Å². The lowest BCUT2D eigenvalue weighted by atomic mass is 10.2. The molecule has 5 nitrogen and oxygen atoms in total. The van der Waals surface area contributed by atoms with E-state index >= 15 is 0 Å². The molecule has 4 N–H and O–H groups in total. The van der Waals surface area contributed by atoms with Crippen LogP contribution in [0.1, 0.15) is 18.4 Å². The molecule has 2 rings (SSSR count). The zero-order chi connectivity index (χ0) is 18.1. The molecule has 1 amide bonds. The number of benzene rings is 2. The number of hydrogen-bond acceptors (Lipinski definition) is 4. The Bertz CT molecular complexity index is 680. The molecule has 2 aromatic rings. The molecule has 0 saturated carbocycles. The summed E-state index contributed by atoms with van der Waals surface area (Å²) in [7, 11) is 0. The van der Waals surface area contributed by atoms with Crippen LogP contribution < -0.4 is 11.1 Å². The fourth-order valence-electron chi connectivity index (χ4n) is 2.57. The molecule has 0 saturated heterocycles. The van der Waals surface area contributed by atoms with E-state index in [4.69, 9.17) is 5.73 Å². The number of aliphatic hydroxyl groups is 1. The van der Waals surface area contributed by atoms with Gasteiger partial charge < -0.3 is 16.2 Å². The van der Waals surface area contributed by atoms with Crippen LogP contribution in [0.5, 0.6) is 0 Å². The minimum Gasteiger partial charge on any atom is -0.399 e. The Morgan fingerprint density at radius 2 is 1.92 bits per heavy atom. The van der Waals surface area contributed by atoms with Gasteiger partial charge in [-0.1, -0.05) is 30.3 Å². The number of nitrogens with zero attached hydrogens (tertiary/aromatic N) is 1. The summed E-state index contributed by atoms with van der Waals surface area (Å²) in [5.74, 6) is -0.762. The first kappa shape index (κ1) is 18.9. The number of halogens is 1. The first-order chi connectivity index (χ1) is 12.1. The highest BCUT2D eigenvalue weighted by molar-refractivity contribution is 5.91. The first-order valence-electron chi connectivity index (χ1n) is 8.30. The molecule has 134 valence electrons. The van der Waals surface area contributed by atoms with Gasteiger partial charge in [0.15, 0.2) is 0 Å². The van der Waals surface area contributed by atoms with E-state index in [2.05, 4.69) is 10.2 Å². The summed E-state index contributed by atoms with van der Waals surface area (Å²) in [4.78, 5) is 14.1. The maximum absolute atomic E-state index is 13.6.